The van der Waals surface area contributed by atoms with E-state index in [2.05, 4.69) is 11.1 Å². The first-order valence-electron chi connectivity index (χ1n) is 6.90. The van der Waals surface area contributed by atoms with Crippen LogP contribution in [0.5, 0.6) is 0 Å². The van der Waals surface area contributed by atoms with Gasteiger partial charge < -0.3 is 4.42 Å². The van der Waals surface area contributed by atoms with Gasteiger partial charge in [-0.25, -0.2) is 4.98 Å². The smallest absolute Gasteiger partial charge is 0.152 e. The highest BCUT2D eigenvalue weighted by Crippen LogP contribution is 2.33. The van der Waals surface area contributed by atoms with Crippen LogP contribution in [0.15, 0.2) is 53.3 Å². The molecule has 3 aromatic heterocycles. The van der Waals surface area contributed by atoms with E-state index in [1.165, 1.54) is 17.5 Å². The summed E-state index contributed by atoms with van der Waals surface area (Å²) in [5.74, 6) is 0.817. The molecule has 0 amide bonds. The number of hydrogen-bond acceptors (Lipinski definition) is 3. The zero-order chi connectivity index (χ0) is 13.4. The van der Waals surface area contributed by atoms with Crippen LogP contribution in [0.4, 0.5) is 0 Å². The van der Waals surface area contributed by atoms with Crippen LogP contribution in [0.25, 0.3) is 22.8 Å². The molecular weight excluding hydrogens is 248 g/mol. The van der Waals surface area contributed by atoms with Crippen molar-refractivity contribution < 1.29 is 4.42 Å². The van der Waals surface area contributed by atoms with Crippen LogP contribution < -0.4 is 0 Å². The number of aromatic nitrogens is 2. The summed E-state index contributed by atoms with van der Waals surface area (Å²) in [4.78, 5) is 9.26. The Kier molecular flexibility index (Phi) is 2.62. The molecule has 0 unspecified atom stereocenters. The van der Waals surface area contributed by atoms with E-state index < -0.39 is 0 Å². The van der Waals surface area contributed by atoms with Gasteiger partial charge in [0.15, 0.2) is 5.76 Å². The second kappa shape index (κ2) is 4.60. The zero-order valence-corrected chi connectivity index (χ0v) is 11.0. The Bertz CT molecular complexity index is 733. The molecule has 0 N–H and O–H groups in total. The van der Waals surface area contributed by atoms with Crippen molar-refractivity contribution in [3.8, 4) is 22.8 Å². The molecule has 0 atom stereocenters. The predicted octanol–water partition coefficient (Wildman–Crippen LogP) is 3.89. The maximum Gasteiger partial charge on any atom is 0.152 e. The Morgan fingerprint density at radius 2 is 2.00 bits per heavy atom. The van der Waals surface area contributed by atoms with Crippen molar-refractivity contribution in [3.63, 3.8) is 0 Å². The predicted molar refractivity (Wildman–Crippen MR) is 77.2 cm³/mol. The van der Waals surface area contributed by atoms with Crippen LogP contribution in [0.2, 0.25) is 0 Å². The van der Waals surface area contributed by atoms with Crippen molar-refractivity contribution >= 4 is 0 Å². The lowest BCUT2D eigenvalue weighted by Crippen LogP contribution is -1.97. The Labute approximate surface area is 117 Å². The van der Waals surface area contributed by atoms with E-state index in [-0.39, 0.29) is 0 Å². The van der Waals surface area contributed by atoms with Gasteiger partial charge in [-0.3, -0.25) is 4.98 Å². The highest BCUT2D eigenvalue weighted by molar-refractivity contribution is 5.67. The Morgan fingerprint density at radius 3 is 2.80 bits per heavy atom. The summed E-state index contributed by atoms with van der Waals surface area (Å²) in [6, 6.07) is 12.0. The molecule has 3 nitrogen and oxygen atoms in total. The van der Waals surface area contributed by atoms with Gasteiger partial charge in [-0.15, -0.1) is 0 Å². The lowest BCUT2D eigenvalue weighted by Gasteiger charge is -2.09. The monoisotopic (exact) mass is 262 g/mol. The first-order chi connectivity index (χ1) is 9.92. The number of pyridine rings is 2. The molecule has 0 fully saturated rings. The lowest BCUT2D eigenvalue weighted by atomic mass is 10.0. The molecule has 3 aromatic rings. The number of aryl methyl sites for hydroxylation is 1. The van der Waals surface area contributed by atoms with Crippen molar-refractivity contribution in [2.75, 3.05) is 0 Å². The minimum atomic E-state index is 0.817. The maximum absolute atomic E-state index is 5.49. The number of hydrogen-bond donors (Lipinski definition) is 0. The molecule has 0 bridgehead atoms. The number of furan rings is 1. The lowest BCUT2D eigenvalue weighted by molar-refractivity contribution is 0.580. The van der Waals surface area contributed by atoms with Gasteiger partial charge in [0.25, 0.3) is 0 Å². The summed E-state index contributed by atoms with van der Waals surface area (Å²) in [5, 5.41) is 0. The summed E-state index contributed by atoms with van der Waals surface area (Å²) in [7, 11) is 0. The molecule has 0 aromatic carbocycles. The van der Waals surface area contributed by atoms with E-state index in [1.807, 2.05) is 36.5 Å². The second-order valence-electron chi connectivity index (χ2n) is 5.04. The number of nitrogens with zero attached hydrogens (tertiary/aromatic N) is 2. The first-order valence-corrected chi connectivity index (χ1v) is 6.90. The normalized spacial score (nSPS) is 13.4. The Balaban J connectivity index is 1.94. The Hall–Kier alpha value is -2.42. The third-order valence-electron chi connectivity index (χ3n) is 3.77. The van der Waals surface area contributed by atoms with Gasteiger partial charge in [-0.2, -0.15) is 0 Å². The van der Waals surface area contributed by atoms with E-state index in [0.29, 0.717) is 0 Å². The van der Waals surface area contributed by atoms with Crippen LogP contribution in [0, 0.1) is 0 Å². The van der Waals surface area contributed by atoms with Crippen molar-refractivity contribution in [2.45, 2.75) is 19.3 Å². The van der Waals surface area contributed by atoms with Crippen molar-refractivity contribution in [3.05, 3.63) is 60.0 Å². The quantitative estimate of drug-likeness (QED) is 0.703. The van der Waals surface area contributed by atoms with Crippen LogP contribution in [0.1, 0.15) is 17.5 Å². The van der Waals surface area contributed by atoms with Crippen LogP contribution in [-0.2, 0) is 12.8 Å². The standard InChI is InChI=1S/C17H14N2O/c1-2-9-18-14(7-1)17-13-6-3-5-12(13)11-15(19-17)16-8-4-10-20-16/h1-2,4,7-11H,3,5-6H2. The molecule has 3 heteroatoms. The third kappa shape index (κ3) is 1.83. The summed E-state index contributed by atoms with van der Waals surface area (Å²) < 4.78 is 5.49. The molecular formula is C17H14N2O. The largest absolute Gasteiger partial charge is 0.463 e. The van der Waals surface area contributed by atoms with Gasteiger partial charge in [0.1, 0.15) is 5.69 Å². The molecule has 3 heterocycles. The fraction of sp³-hybridized carbons (Fsp3) is 0.176. The second-order valence-corrected chi connectivity index (χ2v) is 5.04. The van der Waals surface area contributed by atoms with E-state index in [9.17, 15) is 0 Å². The fourth-order valence-electron chi connectivity index (χ4n) is 2.85. The van der Waals surface area contributed by atoms with Gasteiger partial charge in [0.2, 0.25) is 0 Å². The highest BCUT2D eigenvalue weighted by Gasteiger charge is 2.20. The average Bonchev–Trinajstić information content (AvgIpc) is 3.18. The highest BCUT2D eigenvalue weighted by atomic mass is 16.3. The van der Waals surface area contributed by atoms with E-state index in [0.717, 1.165) is 35.7 Å². The van der Waals surface area contributed by atoms with Gasteiger partial charge in [-0.1, -0.05) is 6.07 Å². The molecule has 0 saturated heterocycles. The summed E-state index contributed by atoms with van der Waals surface area (Å²) >= 11 is 0. The molecule has 0 saturated carbocycles. The minimum Gasteiger partial charge on any atom is -0.463 e. The molecule has 1 aliphatic carbocycles. The molecule has 0 radical (unpaired) electrons. The van der Waals surface area contributed by atoms with E-state index >= 15 is 0 Å². The van der Waals surface area contributed by atoms with E-state index in [4.69, 9.17) is 9.40 Å². The van der Waals surface area contributed by atoms with Crippen LogP contribution in [-0.4, -0.2) is 9.97 Å². The molecule has 0 aliphatic heterocycles. The van der Waals surface area contributed by atoms with Gasteiger partial charge in [0, 0.05) is 6.20 Å². The summed E-state index contributed by atoms with van der Waals surface area (Å²) in [6.45, 7) is 0. The molecule has 4 rings (SSSR count). The van der Waals surface area contributed by atoms with Crippen molar-refractivity contribution in [2.24, 2.45) is 0 Å². The first kappa shape index (κ1) is 11.4. The molecule has 20 heavy (non-hydrogen) atoms. The SMILES string of the molecule is c1ccc(-c2nc(-c3ccco3)cc3c2CCC3)nc1. The van der Waals surface area contributed by atoms with Gasteiger partial charge >= 0.3 is 0 Å². The summed E-state index contributed by atoms with van der Waals surface area (Å²) in [6.07, 6.45) is 6.90. The topological polar surface area (TPSA) is 38.9 Å². The molecule has 98 valence electrons. The maximum atomic E-state index is 5.49. The summed E-state index contributed by atoms with van der Waals surface area (Å²) in [5.41, 5.74) is 5.58. The molecule has 1 aliphatic rings. The number of rotatable bonds is 2. The van der Waals surface area contributed by atoms with E-state index in [1.54, 1.807) is 6.26 Å². The average molecular weight is 262 g/mol. The molecule has 0 spiro atoms. The van der Waals surface area contributed by atoms with Crippen molar-refractivity contribution in [1.82, 2.24) is 9.97 Å². The zero-order valence-electron chi connectivity index (χ0n) is 11.0. The fourth-order valence-corrected chi connectivity index (χ4v) is 2.85. The Morgan fingerprint density at radius 1 is 1.00 bits per heavy atom. The number of fused-ring (bicyclic) bond motifs is 1. The van der Waals surface area contributed by atoms with Crippen LogP contribution in [0.3, 0.4) is 0 Å². The van der Waals surface area contributed by atoms with Crippen molar-refractivity contribution in [1.29, 1.82) is 0 Å². The third-order valence-corrected chi connectivity index (χ3v) is 3.77. The van der Waals surface area contributed by atoms with Crippen LogP contribution >= 0.6 is 0 Å². The van der Waals surface area contributed by atoms with Gasteiger partial charge in [0.05, 0.1) is 17.7 Å². The van der Waals surface area contributed by atoms with Gasteiger partial charge in [-0.05, 0) is 60.7 Å². The minimum absolute atomic E-state index is 0.817.